The summed E-state index contributed by atoms with van der Waals surface area (Å²) in [5.74, 6) is -0.856. The van der Waals surface area contributed by atoms with E-state index in [1.807, 2.05) is 13.8 Å². The van der Waals surface area contributed by atoms with Crippen LogP contribution in [0.15, 0.2) is 0 Å². The molecule has 14 heavy (non-hydrogen) atoms. The van der Waals surface area contributed by atoms with E-state index in [9.17, 15) is 9.90 Å². The molecule has 0 aromatic carbocycles. The topological polar surface area (TPSA) is 66.8 Å². The molecule has 82 valence electrons. The smallest absolute Gasteiger partial charge is 0.303 e. The second-order valence-corrected chi connectivity index (χ2v) is 4.28. The Bertz CT molecular complexity index is 204. The van der Waals surface area contributed by atoms with Crippen LogP contribution in [0.3, 0.4) is 0 Å². The van der Waals surface area contributed by atoms with Crippen LogP contribution in [0.1, 0.15) is 39.5 Å². The van der Waals surface area contributed by atoms with E-state index >= 15 is 0 Å². The number of hydrogen-bond donors (Lipinski definition) is 2. The van der Waals surface area contributed by atoms with Crippen LogP contribution in [0.5, 0.6) is 0 Å². The SMILES string of the molecule is CC1CC(O)(CCC(=O)O)CC(C)O1. The standard InChI is InChI=1S/C10H18O4/c1-7-5-10(13,4-3-9(11)12)6-8(2)14-7/h7-8,13H,3-6H2,1-2H3,(H,11,12). The highest BCUT2D eigenvalue weighted by molar-refractivity contribution is 5.66. The number of hydrogen-bond acceptors (Lipinski definition) is 3. The molecule has 1 heterocycles. The molecule has 1 saturated heterocycles. The molecule has 2 unspecified atom stereocenters. The van der Waals surface area contributed by atoms with Gasteiger partial charge in [-0.1, -0.05) is 0 Å². The van der Waals surface area contributed by atoms with Crippen molar-refractivity contribution in [3.8, 4) is 0 Å². The molecule has 2 atom stereocenters. The Kier molecular flexibility index (Phi) is 3.50. The first kappa shape index (κ1) is 11.5. The molecule has 0 aliphatic carbocycles. The van der Waals surface area contributed by atoms with Gasteiger partial charge in [-0.3, -0.25) is 4.79 Å². The number of ether oxygens (including phenoxy) is 1. The van der Waals surface area contributed by atoms with Gasteiger partial charge in [-0.05, 0) is 20.3 Å². The molecule has 1 rings (SSSR count). The first-order chi connectivity index (χ1) is 6.41. The summed E-state index contributed by atoms with van der Waals surface area (Å²) >= 11 is 0. The number of aliphatic carboxylic acids is 1. The van der Waals surface area contributed by atoms with E-state index in [1.54, 1.807) is 0 Å². The molecule has 0 aromatic rings. The van der Waals surface area contributed by atoms with Crippen molar-refractivity contribution in [1.82, 2.24) is 0 Å². The van der Waals surface area contributed by atoms with Gasteiger partial charge in [0.25, 0.3) is 0 Å². The normalized spacial score (nSPS) is 38.2. The van der Waals surface area contributed by atoms with Gasteiger partial charge >= 0.3 is 5.97 Å². The van der Waals surface area contributed by atoms with E-state index in [0.717, 1.165) is 0 Å². The lowest BCUT2D eigenvalue weighted by atomic mass is 9.84. The highest BCUT2D eigenvalue weighted by Crippen LogP contribution is 2.32. The van der Waals surface area contributed by atoms with Crippen molar-refractivity contribution in [2.75, 3.05) is 0 Å². The second kappa shape index (κ2) is 4.28. The summed E-state index contributed by atoms with van der Waals surface area (Å²) in [4.78, 5) is 10.4. The molecule has 0 radical (unpaired) electrons. The van der Waals surface area contributed by atoms with Crippen molar-refractivity contribution in [1.29, 1.82) is 0 Å². The Balaban J connectivity index is 2.49. The van der Waals surface area contributed by atoms with Crippen LogP contribution in [0, 0.1) is 0 Å². The van der Waals surface area contributed by atoms with Gasteiger partial charge in [0.2, 0.25) is 0 Å². The second-order valence-electron chi connectivity index (χ2n) is 4.28. The zero-order chi connectivity index (χ0) is 10.8. The number of carboxylic acid groups (broad SMARTS) is 1. The highest BCUT2D eigenvalue weighted by atomic mass is 16.5. The van der Waals surface area contributed by atoms with Crippen molar-refractivity contribution in [2.45, 2.75) is 57.3 Å². The molecule has 1 aliphatic heterocycles. The molecule has 4 nitrogen and oxygen atoms in total. The largest absolute Gasteiger partial charge is 0.481 e. The predicted octanol–water partition coefficient (Wildman–Crippen LogP) is 1.17. The molecule has 0 saturated carbocycles. The van der Waals surface area contributed by atoms with Crippen molar-refractivity contribution < 1.29 is 19.7 Å². The molecule has 0 amide bonds. The zero-order valence-electron chi connectivity index (χ0n) is 8.69. The number of aliphatic hydroxyl groups is 1. The number of carboxylic acids is 1. The third kappa shape index (κ3) is 3.27. The van der Waals surface area contributed by atoms with Gasteiger partial charge in [0.1, 0.15) is 0 Å². The number of carbonyl (C=O) groups is 1. The van der Waals surface area contributed by atoms with Gasteiger partial charge in [-0.2, -0.15) is 0 Å². The zero-order valence-corrected chi connectivity index (χ0v) is 8.69. The van der Waals surface area contributed by atoms with Crippen molar-refractivity contribution >= 4 is 5.97 Å². The number of rotatable bonds is 3. The van der Waals surface area contributed by atoms with Gasteiger partial charge < -0.3 is 14.9 Å². The summed E-state index contributed by atoms with van der Waals surface area (Å²) in [6.45, 7) is 3.81. The molecular formula is C10H18O4. The highest BCUT2D eigenvalue weighted by Gasteiger charge is 2.36. The minimum atomic E-state index is -0.856. The summed E-state index contributed by atoms with van der Waals surface area (Å²) in [6, 6.07) is 0. The van der Waals surface area contributed by atoms with E-state index in [-0.39, 0.29) is 18.6 Å². The van der Waals surface area contributed by atoms with Gasteiger partial charge in [0, 0.05) is 19.3 Å². The van der Waals surface area contributed by atoms with Crippen molar-refractivity contribution in [3.05, 3.63) is 0 Å². The summed E-state index contributed by atoms with van der Waals surface area (Å²) in [7, 11) is 0. The molecule has 2 N–H and O–H groups in total. The van der Waals surface area contributed by atoms with Crippen LogP contribution in [0.4, 0.5) is 0 Å². The fourth-order valence-electron chi connectivity index (χ4n) is 2.19. The Morgan fingerprint density at radius 2 is 1.93 bits per heavy atom. The Labute approximate surface area is 83.9 Å². The molecule has 0 aromatic heterocycles. The quantitative estimate of drug-likeness (QED) is 0.721. The average molecular weight is 202 g/mol. The molecule has 0 spiro atoms. The first-order valence-electron chi connectivity index (χ1n) is 5.01. The van der Waals surface area contributed by atoms with Crippen molar-refractivity contribution in [2.24, 2.45) is 0 Å². The van der Waals surface area contributed by atoms with Gasteiger partial charge in [0.05, 0.1) is 17.8 Å². The van der Waals surface area contributed by atoms with Crippen LogP contribution in [-0.4, -0.2) is 34.0 Å². The lowest BCUT2D eigenvalue weighted by Gasteiger charge is -2.39. The minimum absolute atomic E-state index is 0.0116. The van der Waals surface area contributed by atoms with Crippen LogP contribution in [0.25, 0.3) is 0 Å². The van der Waals surface area contributed by atoms with Gasteiger partial charge in [-0.25, -0.2) is 0 Å². The molecule has 4 heteroatoms. The Hall–Kier alpha value is -0.610. The van der Waals surface area contributed by atoms with Crippen LogP contribution in [0.2, 0.25) is 0 Å². The van der Waals surface area contributed by atoms with E-state index in [0.29, 0.717) is 19.3 Å². The van der Waals surface area contributed by atoms with Crippen LogP contribution >= 0.6 is 0 Å². The summed E-state index contributed by atoms with van der Waals surface area (Å²) in [6.07, 6.45) is 1.43. The average Bonchev–Trinajstić information content (AvgIpc) is 1.98. The maximum absolute atomic E-state index is 10.4. The minimum Gasteiger partial charge on any atom is -0.481 e. The maximum atomic E-state index is 10.4. The third-order valence-corrected chi connectivity index (χ3v) is 2.60. The van der Waals surface area contributed by atoms with Crippen LogP contribution in [-0.2, 0) is 9.53 Å². The van der Waals surface area contributed by atoms with E-state index in [2.05, 4.69) is 0 Å². The third-order valence-electron chi connectivity index (χ3n) is 2.60. The first-order valence-corrected chi connectivity index (χ1v) is 5.01. The van der Waals surface area contributed by atoms with E-state index in [1.165, 1.54) is 0 Å². The Morgan fingerprint density at radius 1 is 1.43 bits per heavy atom. The monoisotopic (exact) mass is 202 g/mol. The van der Waals surface area contributed by atoms with Gasteiger partial charge in [-0.15, -0.1) is 0 Å². The fourth-order valence-corrected chi connectivity index (χ4v) is 2.19. The summed E-state index contributed by atoms with van der Waals surface area (Å²) in [5, 5.41) is 18.7. The molecular weight excluding hydrogens is 184 g/mol. The van der Waals surface area contributed by atoms with E-state index in [4.69, 9.17) is 9.84 Å². The van der Waals surface area contributed by atoms with Gasteiger partial charge in [0.15, 0.2) is 0 Å². The van der Waals surface area contributed by atoms with E-state index < -0.39 is 11.6 Å². The summed E-state index contributed by atoms with van der Waals surface area (Å²) in [5.41, 5.74) is -0.852. The molecule has 1 aliphatic rings. The molecule has 1 fully saturated rings. The summed E-state index contributed by atoms with van der Waals surface area (Å²) < 4.78 is 5.48. The van der Waals surface area contributed by atoms with Crippen molar-refractivity contribution in [3.63, 3.8) is 0 Å². The maximum Gasteiger partial charge on any atom is 0.303 e. The predicted molar refractivity (Wildman–Crippen MR) is 51.1 cm³/mol. The molecule has 0 bridgehead atoms. The Morgan fingerprint density at radius 3 is 2.36 bits per heavy atom. The lowest BCUT2D eigenvalue weighted by Crippen LogP contribution is -2.43. The fraction of sp³-hybridized carbons (Fsp3) is 0.900. The lowest BCUT2D eigenvalue weighted by molar-refractivity contribution is -0.148. The van der Waals surface area contributed by atoms with Crippen LogP contribution < -0.4 is 0 Å².